The molecule has 0 saturated heterocycles. The Balaban J connectivity index is 1.71. The van der Waals surface area contributed by atoms with Gasteiger partial charge in [0, 0.05) is 18.8 Å². The smallest absolute Gasteiger partial charge is 0.213 e. The summed E-state index contributed by atoms with van der Waals surface area (Å²) in [5.41, 5.74) is 1.18. The molecule has 1 aromatic carbocycles. The van der Waals surface area contributed by atoms with Crippen LogP contribution in [0.25, 0.3) is 0 Å². The van der Waals surface area contributed by atoms with Gasteiger partial charge < -0.3 is 19.5 Å². The van der Waals surface area contributed by atoms with E-state index in [0.29, 0.717) is 25.7 Å². The van der Waals surface area contributed by atoms with Crippen molar-refractivity contribution in [2.75, 3.05) is 26.4 Å². The highest BCUT2D eigenvalue weighted by Gasteiger charge is 2.06. The van der Waals surface area contributed by atoms with Gasteiger partial charge in [-0.3, -0.25) is 0 Å². The van der Waals surface area contributed by atoms with E-state index in [1.165, 1.54) is 5.56 Å². The van der Waals surface area contributed by atoms with Crippen molar-refractivity contribution >= 4 is 0 Å². The summed E-state index contributed by atoms with van der Waals surface area (Å²) < 4.78 is 17.0. The van der Waals surface area contributed by atoms with Gasteiger partial charge in [0.2, 0.25) is 5.88 Å². The number of benzene rings is 1. The van der Waals surface area contributed by atoms with Crippen molar-refractivity contribution in [2.45, 2.75) is 33.2 Å². The summed E-state index contributed by atoms with van der Waals surface area (Å²) >= 11 is 0. The van der Waals surface area contributed by atoms with E-state index in [-0.39, 0.29) is 0 Å². The Kier molecular flexibility index (Phi) is 8.63. The molecular weight excluding hydrogens is 316 g/mol. The summed E-state index contributed by atoms with van der Waals surface area (Å²) in [5, 5.41) is 3.42. The Labute approximate surface area is 150 Å². The number of nitrogens with one attached hydrogen (secondary N) is 1. The van der Waals surface area contributed by atoms with Crippen LogP contribution in [-0.2, 0) is 6.54 Å². The van der Waals surface area contributed by atoms with Crippen LogP contribution in [0.5, 0.6) is 17.4 Å². The maximum Gasteiger partial charge on any atom is 0.213 e. The van der Waals surface area contributed by atoms with Gasteiger partial charge in [-0.1, -0.05) is 19.1 Å². The van der Waals surface area contributed by atoms with E-state index in [1.807, 2.05) is 37.3 Å². The van der Waals surface area contributed by atoms with Gasteiger partial charge in [-0.15, -0.1) is 0 Å². The fourth-order valence-corrected chi connectivity index (χ4v) is 2.30. The van der Waals surface area contributed by atoms with Crippen molar-refractivity contribution in [1.29, 1.82) is 0 Å². The molecule has 0 amide bonds. The lowest BCUT2D eigenvalue weighted by atomic mass is 10.2. The highest BCUT2D eigenvalue weighted by molar-refractivity contribution is 5.43. The second kappa shape index (κ2) is 11.3. The summed E-state index contributed by atoms with van der Waals surface area (Å²) in [6.07, 6.45) is 3.64. The molecule has 1 heterocycles. The van der Waals surface area contributed by atoms with E-state index >= 15 is 0 Å². The second-order valence-corrected chi connectivity index (χ2v) is 5.61. The van der Waals surface area contributed by atoms with Crippen LogP contribution < -0.4 is 19.5 Å². The molecule has 0 aliphatic carbocycles. The molecule has 0 saturated carbocycles. The second-order valence-electron chi connectivity index (χ2n) is 5.61. The van der Waals surface area contributed by atoms with Gasteiger partial charge in [0.25, 0.3) is 0 Å². The van der Waals surface area contributed by atoms with E-state index in [9.17, 15) is 0 Å². The molecule has 1 aromatic heterocycles. The number of ether oxygens (including phenoxy) is 3. The molecular formula is C20H28N2O3. The van der Waals surface area contributed by atoms with E-state index < -0.39 is 0 Å². The Morgan fingerprint density at radius 1 is 0.960 bits per heavy atom. The minimum atomic E-state index is 0.629. The first-order valence-corrected chi connectivity index (χ1v) is 8.96. The summed E-state index contributed by atoms with van der Waals surface area (Å²) in [6, 6.07) is 11.8. The molecule has 0 fully saturated rings. The molecule has 25 heavy (non-hydrogen) atoms. The predicted molar refractivity (Wildman–Crippen MR) is 99.5 cm³/mol. The SMILES string of the molecule is CCCOc1ccc(CNCCCOc2ccccn2)cc1OCC. The van der Waals surface area contributed by atoms with Crippen molar-refractivity contribution in [3.05, 3.63) is 48.2 Å². The molecule has 2 rings (SSSR count). The van der Waals surface area contributed by atoms with E-state index in [2.05, 4.69) is 23.3 Å². The molecule has 0 aliphatic heterocycles. The lowest BCUT2D eigenvalue weighted by Crippen LogP contribution is -2.17. The molecule has 5 nitrogen and oxygen atoms in total. The minimum Gasteiger partial charge on any atom is -0.490 e. The molecule has 5 heteroatoms. The van der Waals surface area contributed by atoms with Gasteiger partial charge in [0.1, 0.15) is 0 Å². The van der Waals surface area contributed by atoms with Crippen LogP contribution in [0.4, 0.5) is 0 Å². The van der Waals surface area contributed by atoms with E-state index in [0.717, 1.165) is 37.4 Å². The van der Waals surface area contributed by atoms with Crippen LogP contribution in [-0.4, -0.2) is 31.3 Å². The third kappa shape index (κ3) is 7.01. The van der Waals surface area contributed by atoms with Crippen molar-refractivity contribution < 1.29 is 14.2 Å². The maximum absolute atomic E-state index is 5.73. The molecule has 136 valence electrons. The van der Waals surface area contributed by atoms with Crippen molar-refractivity contribution in [1.82, 2.24) is 10.3 Å². The van der Waals surface area contributed by atoms with Crippen molar-refractivity contribution in [3.8, 4) is 17.4 Å². The molecule has 2 aromatic rings. The molecule has 0 radical (unpaired) electrons. The topological polar surface area (TPSA) is 52.6 Å². The Morgan fingerprint density at radius 3 is 2.64 bits per heavy atom. The average molecular weight is 344 g/mol. The predicted octanol–water partition coefficient (Wildman–Crippen LogP) is 3.83. The molecule has 0 unspecified atom stereocenters. The largest absolute Gasteiger partial charge is 0.490 e. The Morgan fingerprint density at radius 2 is 1.88 bits per heavy atom. The molecule has 1 N–H and O–H groups in total. The zero-order chi connectivity index (χ0) is 17.7. The first-order valence-electron chi connectivity index (χ1n) is 8.96. The van der Waals surface area contributed by atoms with Crippen molar-refractivity contribution in [3.63, 3.8) is 0 Å². The lowest BCUT2D eigenvalue weighted by Gasteiger charge is -2.13. The van der Waals surface area contributed by atoms with E-state index in [4.69, 9.17) is 14.2 Å². The summed E-state index contributed by atoms with van der Waals surface area (Å²) in [7, 11) is 0. The van der Waals surface area contributed by atoms with Gasteiger partial charge in [-0.05, 0) is 50.1 Å². The molecule has 0 bridgehead atoms. The number of nitrogens with zero attached hydrogens (tertiary/aromatic N) is 1. The van der Waals surface area contributed by atoms with Crippen LogP contribution in [0.15, 0.2) is 42.6 Å². The fraction of sp³-hybridized carbons (Fsp3) is 0.450. The van der Waals surface area contributed by atoms with Crippen molar-refractivity contribution in [2.24, 2.45) is 0 Å². The number of hydrogen-bond donors (Lipinski definition) is 1. The number of rotatable bonds is 12. The van der Waals surface area contributed by atoms with E-state index in [1.54, 1.807) is 6.20 Å². The molecule has 0 atom stereocenters. The summed E-state index contributed by atoms with van der Waals surface area (Å²) in [4.78, 5) is 4.13. The van der Waals surface area contributed by atoms with Crippen LogP contribution in [0.3, 0.4) is 0 Å². The van der Waals surface area contributed by atoms with Crippen LogP contribution >= 0.6 is 0 Å². The standard InChI is InChI=1S/C20H28N2O3/c1-3-13-24-18-10-9-17(15-19(18)23-4-2)16-21-11-7-14-25-20-8-5-6-12-22-20/h5-6,8-10,12,15,21H,3-4,7,11,13-14,16H2,1-2H3. The summed E-state index contributed by atoms with van der Waals surface area (Å²) in [5.74, 6) is 2.30. The fourth-order valence-electron chi connectivity index (χ4n) is 2.30. The normalized spacial score (nSPS) is 10.5. The summed E-state index contributed by atoms with van der Waals surface area (Å²) in [6.45, 7) is 7.73. The zero-order valence-electron chi connectivity index (χ0n) is 15.2. The third-order valence-electron chi connectivity index (χ3n) is 3.48. The lowest BCUT2D eigenvalue weighted by molar-refractivity contribution is 0.276. The average Bonchev–Trinajstić information content (AvgIpc) is 2.65. The van der Waals surface area contributed by atoms with Crippen LogP contribution in [0, 0.1) is 0 Å². The monoisotopic (exact) mass is 344 g/mol. The van der Waals surface area contributed by atoms with Gasteiger partial charge >= 0.3 is 0 Å². The van der Waals surface area contributed by atoms with Crippen LogP contribution in [0.1, 0.15) is 32.3 Å². The van der Waals surface area contributed by atoms with Gasteiger partial charge in [0.05, 0.1) is 19.8 Å². The van der Waals surface area contributed by atoms with Gasteiger partial charge in [-0.25, -0.2) is 4.98 Å². The zero-order valence-corrected chi connectivity index (χ0v) is 15.2. The number of hydrogen-bond acceptors (Lipinski definition) is 5. The quantitative estimate of drug-likeness (QED) is 0.593. The Bertz CT molecular complexity index is 605. The molecule has 0 spiro atoms. The van der Waals surface area contributed by atoms with Gasteiger partial charge in [-0.2, -0.15) is 0 Å². The highest BCUT2D eigenvalue weighted by Crippen LogP contribution is 2.28. The molecule has 0 aliphatic rings. The van der Waals surface area contributed by atoms with Crippen LogP contribution in [0.2, 0.25) is 0 Å². The maximum atomic E-state index is 5.73. The Hall–Kier alpha value is -2.27. The number of pyridine rings is 1. The number of aromatic nitrogens is 1. The first-order chi connectivity index (χ1) is 12.3. The highest BCUT2D eigenvalue weighted by atomic mass is 16.5. The third-order valence-corrected chi connectivity index (χ3v) is 3.48. The van der Waals surface area contributed by atoms with Gasteiger partial charge in [0.15, 0.2) is 11.5 Å². The first kappa shape index (κ1) is 19.1. The minimum absolute atomic E-state index is 0.629.